The molecule has 0 bridgehead atoms. The number of nitrogens with zero attached hydrogens (tertiary/aromatic N) is 1. The molecule has 0 spiro atoms. The Morgan fingerprint density at radius 3 is 2.56 bits per heavy atom. The fourth-order valence-corrected chi connectivity index (χ4v) is 2.74. The van der Waals surface area contributed by atoms with Gasteiger partial charge in [0.1, 0.15) is 6.04 Å². The van der Waals surface area contributed by atoms with E-state index >= 15 is 0 Å². The second kappa shape index (κ2) is 8.11. The summed E-state index contributed by atoms with van der Waals surface area (Å²) in [5.41, 5.74) is 2.38. The van der Waals surface area contributed by atoms with E-state index in [4.69, 9.17) is 0 Å². The molecule has 0 unspecified atom stereocenters. The van der Waals surface area contributed by atoms with E-state index in [-0.39, 0.29) is 17.7 Å². The van der Waals surface area contributed by atoms with Crippen molar-refractivity contribution in [2.45, 2.75) is 39.7 Å². The van der Waals surface area contributed by atoms with E-state index in [0.29, 0.717) is 12.2 Å². The molecule has 3 N–H and O–H groups in total. The molecule has 1 heterocycles. The van der Waals surface area contributed by atoms with Gasteiger partial charge in [-0.25, -0.2) is 0 Å². The molecule has 7 nitrogen and oxygen atoms in total. The van der Waals surface area contributed by atoms with Crippen molar-refractivity contribution in [1.29, 1.82) is 0 Å². The van der Waals surface area contributed by atoms with E-state index in [1.54, 1.807) is 30.9 Å². The van der Waals surface area contributed by atoms with E-state index < -0.39 is 18.6 Å². The Hall–Kier alpha value is -2.41. The van der Waals surface area contributed by atoms with Crippen molar-refractivity contribution in [3.8, 4) is 0 Å². The SMILES string of the molecule is CC(=O)N1CCCc2ccc(NC(=O)[C@H](CO)NC(=O)C(C)C)cc21. The van der Waals surface area contributed by atoms with E-state index in [1.807, 2.05) is 6.07 Å². The first-order valence-corrected chi connectivity index (χ1v) is 8.46. The minimum Gasteiger partial charge on any atom is -0.394 e. The van der Waals surface area contributed by atoms with Gasteiger partial charge in [-0.05, 0) is 30.5 Å². The van der Waals surface area contributed by atoms with E-state index in [2.05, 4.69) is 10.6 Å². The summed E-state index contributed by atoms with van der Waals surface area (Å²) in [7, 11) is 0. The largest absolute Gasteiger partial charge is 0.394 e. The zero-order valence-electron chi connectivity index (χ0n) is 14.8. The van der Waals surface area contributed by atoms with Gasteiger partial charge in [-0.15, -0.1) is 0 Å². The zero-order valence-corrected chi connectivity index (χ0v) is 14.8. The van der Waals surface area contributed by atoms with Gasteiger partial charge in [0.25, 0.3) is 0 Å². The summed E-state index contributed by atoms with van der Waals surface area (Å²) in [5, 5.41) is 14.6. The number of aryl methyl sites for hydroxylation is 1. The predicted octanol–water partition coefficient (Wildman–Crippen LogP) is 1.06. The van der Waals surface area contributed by atoms with Crippen LogP contribution >= 0.6 is 0 Å². The summed E-state index contributed by atoms with van der Waals surface area (Å²) >= 11 is 0. The standard InChI is InChI=1S/C18H25N3O4/c1-11(2)17(24)20-15(10-22)18(25)19-14-7-6-13-5-4-8-21(12(3)23)16(13)9-14/h6-7,9,11,15,22H,4-5,8,10H2,1-3H3,(H,19,25)(H,20,24)/t15-/m0/s1. The Balaban J connectivity index is 2.14. The maximum absolute atomic E-state index is 12.3. The molecule has 0 saturated heterocycles. The van der Waals surface area contributed by atoms with Crippen LogP contribution in [0.15, 0.2) is 18.2 Å². The zero-order chi connectivity index (χ0) is 18.6. The van der Waals surface area contributed by atoms with Crippen LogP contribution in [0.3, 0.4) is 0 Å². The lowest BCUT2D eigenvalue weighted by molar-refractivity contribution is -0.129. The van der Waals surface area contributed by atoms with Crippen LogP contribution < -0.4 is 15.5 Å². The highest BCUT2D eigenvalue weighted by Gasteiger charge is 2.23. The highest BCUT2D eigenvalue weighted by atomic mass is 16.3. The minimum atomic E-state index is -1.02. The number of fused-ring (bicyclic) bond motifs is 1. The lowest BCUT2D eigenvalue weighted by Crippen LogP contribution is -2.47. The molecule has 1 aromatic rings. The molecular formula is C18H25N3O4. The van der Waals surface area contributed by atoms with E-state index in [0.717, 1.165) is 24.1 Å². The Bertz CT molecular complexity index is 672. The average Bonchev–Trinajstić information content (AvgIpc) is 2.58. The number of anilines is 2. The van der Waals surface area contributed by atoms with Gasteiger partial charge < -0.3 is 20.6 Å². The summed E-state index contributed by atoms with van der Waals surface area (Å²) in [6, 6.07) is 4.39. The fraction of sp³-hybridized carbons (Fsp3) is 0.500. The molecule has 0 aliphatic carbocycles. The van der Waals surface area contributed by atoms with Crippen LogP contribution in [0.2, 0.25) is 0 Å². The van der Waals surface area contributed by atoms with Gasteiger partial charge in [0, 0.05) is 30.8 Å². The molecule has 2 rings (SSSR count). The Morgan fingerprint density at radius 1 is 1.24 bits per heavy atom. The Labute approximate surface area is 147 Å². The molecule has 25 heavy (non-hydrogen) atoms. The molecule has 1 aliphatic heterocycles. The summed E-state index contributed by atoms with van der Waals surface area (Å²) < 4.78 is 0. The lowest BCUT2D eigenvalue weighted by atomic mass is 10.0. The summed E-state index contributed by atoms with van der Waals surface area (Å²) in [6.45, 7) is 5.10. The van der Waals surface area contributed by atoms with Crippen molar-refractivity contribution in [3.05, 3.63) is 23.8 Å². The molecule has 1 aromatic carbocycles. The highest BCUT2D eigenvalue weighted by Crippen LogP contribution is 2.30. The fourth-order valence-electron chi connectivity index (χ4n) is 2.74. The quantitative estimate of drug-likeness (QED) is 0.742. The van der Waals surface area contributed by atoms with Crippen molar-refractivity contribution < 1.29 is 19.5 Å². The average molecular weight is 347 g/mol. The van der Waals surface area contributed by atoms with Crippen LogP contribution in [-0.4, -0.2) is 42.0 Å². The van der Waals surface area contributed by atoms with E-state index in [1.165, 1.54) is 6.92 Å². The first-order valence-electron chi connectivity index (χ1n) is 8.46. The normalized spacial score (nSPS) is 14.7. The topological polar surface area (TPSA) is 98.7 Å². The third-order valence-corrected chi connectivity index (χ3v) is 4.19. The van der Waals surface area contributed by atoms with Gasteiger partial charge in [0.05, 0.1) is 6.61 Å². The number of benzene rings is 1. The monoisotopic (exact) mass is 347 g/mol. The maximum Gasteiger partial charge on any atom is 0.249 e. The van der Waals surface area contributed by atoms with Crippen LogP contribution in [-0.2, 0) is 20.8 Å². The van der Waals surface area contributed by atoms with Gasteiger partial charge in [-0.1, -0.05) is 19.9 Å². The number of hydrogen-bond acceptors (Lipinski definition) is 4. The number of nitrogens with one attached hydrogen (secondary N) is 2. The molecule has 7 heteroatoms. The van der Waals surface area contributed by atoms with Crippen molar-refractivity contribution in [3.63, 3.8) is 0 Å². The van der Waals surface area contributed by atoms with E-state index in [9.17, 15) is 19.5 Å². The number of hydrogen-bond donors (Lipinski definition) is 3. The van der Waals surface area contributed by atoms with Gasteiger partial charge in [0.15, 0.2) is 0 Å². The molecule has 0 aromatic heterocycles. The van der Waals surface area contributed by atoms with Crippen LogP contribution in [0.1, 0.15) is 32.8 Å². The summed E-state index contributed by atoms with van der Waals surface area (Å²) in [6.07, 6.45) is 1.79. The smallest absolute Gasteiger partial charge is 0.249 e. The highest BCUT2D eigenvalue weighted by molar-refractivity contribution is 5.99. The minimum absolute atomic E-state index is 0.0399. The van der Waals surface area contributed by atoms with Gasteiger partial charge in [0.2, 0.25) is 17.7 Å². The second-order valence-corrected chi connectivity index (χ2v) is 6.51. The van der Waals surface area contributed by atoms with Gasteiger partial charge in [-0.2, -0.15) is 0 Å². The maximum atomic E-state index is 12.3. The van der Waals surface area contributed by atoms with Crippen molar-refractivity contribution in [1.82, 2.24) is 5.32 Å². The number of rotatable bonds is 5. The van der Waals surface area contributed by atoms with Crippen LogP contribution in [0, 0.1) is 5.92 Å². The van der Waals surface area contributed by atoms with Crippen LogP contribution in [0.4, 0.5) is 11.4 Å². The summed E-state index contributed by atoms with van der Waals surface area (Å²) in [5.74, 6) is -1.12. The molecule has 1 aliphatic rings. The molecule has 0 fully saturated rings. The molecule has 0 saturated carbocycles. The number of carbonyl (C=O) groups is 3. The van der Waals surface area contributed by atoms with Crippen LogP contribution in [0.25, 0.3) is 0 Å². The second-order valence-electron chi connectivity index (χ2n) is 6.51. The van der Waals surface area contributed by atoms with Crippen molar-refractivity contribution in [2.24, 2.45) is 5.92 Å². The third kappa shape index (κ3) is 4.57. The lowest BCUT2D eigenvalue weighted by Gasteiger charge is -2.29. The molecule has 0 radical (unpaired) electrons. The first-order chi connectivity index (χ1) is 11.8. The molecule has 1 atom stereocenters. The summed E-state index contributed by atoms with van der Waals surface area (Å²) in [4.78, 5) is 37.5. The van der Waals surface area contributed by atoms with Gasteiger partial charge in [-0.3, -0.25) is 14.4 Å². The van der Waals surface area contributed by atoms with Crippen molar-refractivity contribution in [2.75, 3.05) is 23.4 Å². The molecular weight excluding hydrogens is 322 g/mol. The van der Waals surface area contributed by atoms with Crippen LogP contribution in [0.5, 0.6) is 0 Å². The third-order valence-electron chi connectivity index (χ3n) is 4.19. The molecule has 3 amide bonds. The predicted molar refractivity (Wildman–Crippen MR) is 95.3 cm³/mol. The number of aliphatic hydroxyl groups excluding tert-OH is 1. The van der Waals surface area contributed by atoms with Crippen molar-refractivity contribution >= 4 is 29.1 Å². The molecule has 136 valence electrons. The Morgan fingerprint density at radius 2 is 1.96 bits per heavy atom. The first kappa shape index (κ1) is 18.9. The number of amides is 3. The number of aliphatic hydroxyl groups is 1. The number of carbonyl (C=O) groups excluding carboxylic acids is 3. The Kier molecular flexibility index (Phi) is 6.14. The van der Waals surface area contributed by atoms with Gasteiger partial charge >= 0.3 is 0 Å².